The molecular formula is C16H12N4O3S2. The number of thiazole rings is 1. The third-order valence-corrected chi connectivity index (χ3v) is 4.86. The van der Waals surface area contributed by atoms with Gasteiger partial charge in [-0.1, -0.05) is 18.2 Å². The highest BCUT2D eigenvalue weighted by molar-refractivity contribution is 8.18. The lowest BCUT2D eigenvalue weighted by molar-refractivity contribution is -0.384. The Bertz CT molecular complexity index is 891. The molecule has 9 heteroatoms. The van der Waals surface area contributed by atoms with E-state index in [9.17, 15) is 14.9 Å². The summed E-state index contributed by atoms with van der Waals surface area (Å²) in [7, 11) is 0. The van der Waals surface area contributed by atoms with E-state index in [1.54, 1.807) is 35.9 Å². The Hall–Kier alpha value is -2.78. The van der Waals surface area contributed by atoms with E-state index in [1.807, 2.05) is 0 Å². The average molecular weight is 372 g/mol. The number of nitro groups is 1. The largest absolute Gasteiger partial charge is 0.282 e. The van der Waals surface area contributed by atoms with Crippen LogP contribution in [-0.2, 0) is 4.79 Å². The van der Waals surface area contributed by atoms with Gasteiger partial charge in [0.05, 0.1) is 9.83 Å². The molecule has 0 aliphatic carbocycles. The number of rotatable bonds is 5. The van der Waals surface area contributed by atoms with Crippen molar-refractivity contribution < 1.29 is 9.72 Å². The number of non-ortho nitro benzene ring substituents is 1. The van der Waals surface area contributed by atoms with E-state index in [0.717, 1.165) is 0 Å². The molecule has 0 unspecified atom stereocenters. The summed E-state index contributed by atoms with van der Waals surface area (Å²) in [6.45, 7) is 3.99. The summed E-state index contributed by atoms with van der Waals surface area (Å²) in [6.07, 6.45) is 4.88. The second kappa shape index (κ2) is 7.41. The van der Waals surface area contributed by atoms with Crippen LogP contribution in [0, 0.1) is 10.1 Å². The molecule has 2 aromatic rings. The van der Waals surface area contributed by atoms with E-state index in [4.69, 9.17) is 0 Å². The molecule has 1 fully saturated rings. The van der Waals surface area contributed by atoms with Crippen molar-refractivity contribution in [3.63, 3.8) is 0 Å². The number of nitro benzene ring substituents is 1. The van der Waals surface area contributed by atoms with Crippen LogP contribution in [0.4, 0.5) is 10.8 Å². The summed E-state index contributed by atoms with van der Waals surface area (Å²) in [4.78, 5) is 33.5. The smallest absolute Gasteiger partial charge is 0.270 e. The second-order valence-corrected chi connectivity index (χ2v) is 6.76. The first-order chi connectivity index (χ1) is 12.1. The highest BCUT2D eigenvalue weighted by Crippen LogP contribution is 2.34. The fourth-order valence-electron chi connectivity index (χ4n) is 2.11. The van der Waals surface area contributed by atoms with Gasteiger partial charge in [0.15, 0.2) is 5.17 Å². The molecule has 1 aliphatic heterocycles. The fourth-order valence-corrected chi connectivity index (χ4v) is 3.66. The predicted molar refractivity (Wildman–Crippen MR) is 99.8 cm³/mol. The van der Waals surface area contributed by atoms with Crippen LogP contribution in [-0.4, -0.2) is 32.4 Å². The van der Waals surface area contributed by atoms with Crippen LogP contribution >= 0.6 is 23.1 Å². The lowest BCUT2D eigenvalue weighted by atomic mass is 10.2. The Morgan fingerprint density at radius 1 is 1.44 bits per heavy atom. The topological polar surface area (TPSA) is 88.7 Å². The first-order valence-corrected chi connectivity index (χ1v) is 8.83. The minimum absolute atomic E-state index is 0.0237. The molecule has 3 rings (SSSR count). The van der Waals surface area contributed by atoms with Gasteiger partial charge < -0.3 is 0 Å². The third-order valence-electron chi connectivity index (χ3n) is 3.19. The first kappa shape index (κ1) is 17.1. The number of aliphatic imine (C=N–C) groups is 1. The number of nitrogens with zero attached hydrogens (tertiary/aromatic N) is 4. The summed E-state index contributed by atoms with van der Waals surface area (Å²) >= 11 is 2.58. The molecular weight excluding hydrogens is 360 g/mol. The van der Waals surface area contributed by atoms with Gasteiger partial charge in [-0.2, -0.15) is 4.99 Å². The highest BCUT2D eigenvalue weighted by atomic mass is 32.2. The van der Waals surface area contributed by atoms with Gasteiger partial charge in [0.2, 0.25) is 5.13 Å². The van der Waals surface area contributed by atoms with Gasteiger partial charge in [0.1, 0.15) is 0 Å². The van der Waals surface area contributed by atoms with Crippen molar-refractivity contribution in [2.45, 2.75) is 0 Å². The van der Waals surface area contributed by atoms with E-state index >= 15 is 0 Å². The SMILES string of the molecule is C=CCN1C(=O)/C(=C/c2cccc([N+](=O)[O-])c2)S/C1=N/c1nccs1. The molecule has 0 atom stereocenters. The Balaban J connectivity index is 1.94. The van der Waals surface area contributed by atoms with Gasteiger partial charge in [-0.3, -0.25) is 19.8 Å². The zero-order valence-corrected chi connectivity index (χ0v) is 14.5. The summed E-state index contributed by atoms with van der Waals surface area (Å²) in [5.41, 5.74) is 0.559. The van der Waals surface area contributed by atoms with Gasteiger partial charge in [-0.05, 0) is 23.4 Å². The van der Waals surface area contributed by atoms with Crippen LogP contribution in [0.15, 0.2) is 58.4 Å². The number of aromatic nitrogens is 1. The van der Waals surface area contributed by atoms with Gasteiger partial charge in [0, 0.05) is 30.3 Å². The van der Waals surface area contributed by atoms with Crippen LogP contribution in [0.25, 0.3) is 6.08 Å². The average Bonchev–Trinajstić information content (AvgIpc) is 3.20. The van der Waals surface area contributed by atoms with Crippen LogP contribution in [0.5, 0.6) is 0 Å². The number of benzene rings is 1. The molecule has 0 radical (unpaired) electrons. The number of thioether (sulfide) groups is 1. The van der Waals surface area contributed by atoms with Crippen LogP contribution in [0.2, 0.25) is 0 Å². The molecule has 25 heavy (non-hydrogen) atoms. The zero-order valence-electron chi connectivity index (χ0n) is 12.9. The van der Waals surface area contributed by atoms with Crippen LogP contribution in [0.1, 0.15) is 5.56 Å². The Kier molecular flexibility index (Phi) is 5.05. The van der Waals surface area contributed by atoms with Crippen molar-refractivity contribution in [3.8, 4) is 0 Å². The van der Waals surface area contributed by atoms with E-state index in [-0.39, 0.29) is 11.6 Å². The number of hydrogen-bond donors (Lipinski definition) is 0. The van der Waals surface area contributed by atoms with E-state index in [0.29, 0.717) is 27.3 Å². The van der Waals surface area contributed by atoms with Crippen molar-refractivity contribution in [3.05, 3.63) is 69.1 Å². The van der Waals surface area contributed by atoms with Crippen molar-refractivity contribution in [1.82, 2.24) is 9.88 Å². The van der Waals surface area contributed by atoms with Crippen LogP contribution in [0.3, 0.4) is 0 Å². The van der Waals surface area contributed by atoms with Crippen molar-refractivity contribution in [2.75, 3.05) is 6.54 Å². The molecule has 0 N–H and O–H groups in total. The van der Waals surface area contributed by atoms with Gasteiger partial charge in [0.25, 0.3) is 11.6 Å². The molecule has 1 aromatic heterocycles. The number of carbonyl (C=O) groups is 1. The monoisotopic (exact) mass is 372 g/mol. The molecule has 1 saturated heterocycles. The molecule has 126 valence electrons. The number of carbonyl (C=O) groups excluding carboxylic acids is 1. The highest BCUT2D eigenvalue weighted by Gasteiger charge is 2.32. The maximum atomic E-state index is 12.6. The summed E-state index contributed by atoms with van der Waals surface area (Å²) in [6, 6.07) is 6.13. The van der Waals surface area contributed by atoms with E-state index in [1.165, 1.54) is 40.1 Å². The predicted octanol–water partition coefficient (Wildman–Crippen LogP) is 3.84. The van der Waals surface area contributed by atoms with Crippen molar-refractivity contribution in [1.29, 1.82) is 0 Å². The molecule has 1 aromatic carbocycles. The maximum absolute atomic E-state index is 12.6. The third kappa shape index (κ3) is 3.83. The molecule has 0 bridgehead atoms. The lowest BCUT2D eigenvalue weighted by Crippen LogP contribution is -2.29. The zero-order chi connectivity index (χ0) is 17.8. The standard InChI is InChI=1S/C16H12N4O3S2/c1-2-7-19-14(21)13(25-16(19)18-15-17-6-8-24-15)10-11-4-3-5-12(9-11)20(22)23/h2-6,8-10H,1,7H2/b13-10-,18-16+. The van der Waals surface area contributed by atoms with Gasteiger partial charge in [-0.15, -0.1) is 17.9 Å². The van der Waals surface area contributed by atoms with E-state index < -0.39 is 4.92 Å². The number of hydrogen-bond acceptors (Lipinski definition) is 7. The lowest BCUT2D eigenvalue weighted by Gasteiger charge is -2.11. The maximum Gasteiger partial charge on any atom is 0.270 e. The van der Waals surface area contributed by atoms with Crippen molar-refractivity contribution in [2.24, 2.45) is 4.99 Å². The summed E-state index contributed by atoms with van der Waals surface area (Å²) in [5.74, 6) is -0.216. The summed E-state index contributed by atoms with van der Waals surface area (Å²) in [5, 5.41) is 13.8. The quantitative estimate of drug-likeness (QED) is 0.344. The van der Waals surface area contributed by atoms with Crippen LogP contribution < -0.4 is 0 Å². The molecule has 0 saturated carbocycles. The molecule has 0 spiro atoms. The first-order valence-electron chi connectivity index (χ1n) is 7.13. The fraction of sp³-hybridized carbons (Fsp3) is 0.0625. The molecule has 1 amide bonds. The summed E-state index contributed by atoms with van der Waals surface area (Å²) < 4.78 is 0. The van der Waals surface area contributed by atoms with Crippen molar-refractivity contribution >= 4 is 51.1 Å². The van der Waals surface area contributed by atoms with Gasteiger partial charge >= 0.3 is 0 Å². The number of amides is 1. The Morgan fingerprint density at radius 2 is 2.28 bits per heavy atom. The molecule has 1 aliphatic rings. The molecule has 2 heterocycles. The Morgan fingerprint density at radius 3 is 2.96 bits per heavy atom. The van der Waals surface area contributed by atoms with E-state index in [2.05, 4.69) is 16.6 Å². The van der Waals surface area contributed by atoms with Gasteiger partial charge in [-0.25, -0.2) is 4.98 Å². The Labute approximate surface area is 151 Å². The second-order valence-electron chi connectivity index (χ2n) is 4.88. The number of amidine groups is 1. The normalized spacial score (nSPS) is 17.4. The minimum Gasteiger partial charge on any atom is -0.282 e. The minimum atomic E-state index is -0.467. The molecule has 7 nitrogen and oxygen atoms in total.